The van der Waals surface area contributed by atoms with Crippen molar-refractivity contribution in [2.45, 2.75) is 13.8 Å². The summed E-state index contributed by atoms with van der Waals surface area (Å²) >= 11 is 0. The highest BCUT2D eigenvalue weighted by Crippen LogP contribution is 2.17. The summed E-state index contributed by atoms with van der Waals surface area (Å²) in [6, 6.07) is 6.39. The average Bonchev–Trinajstić information content (AvgIpc) is 2.18. The highest BCUT2D eigenvalue weighted by molar-refractivity contribution is 5.50. The van der Waals surface area contributed by atoms with E-state index in [9.17, 15) is 0 Å². The van der Waals surface area contributed by atoms with E-state index in [1.807, 2.05) is 7.05 Å². The lowest BCUT2D eigenvalue weighted by Gasteiger charge is -2.17. The zero-order valence-electron chi connectivity index (χ0n) is 9.04. The maximum absolute atomic E-state index is 6.73. The molecule has 0 bridgehead atoms. The molecule has 74 valence electrons. The van der Waals surface area contributed by atoms with Crippen LogP contribution in [0, 0.1) is 20.4 Å². The Morgan fingerprint density at radius 2 is 2.00 bits per heavy atom. The molecule has 0 aliphatic rings. The van der Waals surface area contributed by atoms with Gasteiger partial charge in [0.2, 0.25) is 6.54 Å². The lowest BCUT2D eigenvalue weighted by molar-refractivity contribution is 0.940. The van der Waals surface area contributed by atoms with E-state index in [-0.39, 0.29) is 0 Å². The first kappa shape index (κ1) is 10.6. The zero-order valence-corrected chi connectivity index (χ0v) is 9.04. The molecule has 0 saturated carbocycles. The molecule has 0 saturated heterocycles. The average molecular weight is 188 g/mol. The van der Waals surface area contributed by atoms with Crippen LogP contribution in [-0.4, -0.2) is 20.1 Å². The summed E-state index contributed by atoms with van der Waals surface area (Å²) in [4.78, 5) is 5.47. The van der Waals surface area contributed by atoms with Crippen molar-refractivity contribution in [3.8, 4) is 0 Å². The first-order valence-corrected chi connectivity index (χ1v) is 4.76. The Kier molecular flexibility index (Phi) is 3.53. The number of aryl methyl sites for hydroxylation is 2. The third-order valence-corrected chi connectivity index (χ3v) is 2.48. The van der Waals surface area contributed by atoms with E-state index >= 15 is 0 Å². The van der Waals surface area contributed by atoms with Crippen LogP contribution in [0.4, 0.5) is 5.69 Å². The normalized spacial score (nSPS) is 9.57. The Morgan fingerprint density at radius 1 is 1.29 bits per heavy atom. The van der Waals surface area contributed by atoms with Crippen LogP contribution < -0.4 is 4.90 Å². The van der Waals surface area contributed by atoms with Crippen LogP contribution in [0.15, 0.2) is 18.2 Å². The van der Waals surface area contributed by atoms with E-state index in [1.165, 1.54) is 16.8 Å². The molecule has 0 aromatic heterocycles. The van der Waals surface area contributed by atoms with E-state index in [2.05, 4.69) is 41.8 Å². The number of benzene rings is 1. The van der Waals surface area contributed by atoms with Gasteiger partial charge >= 0.3 is 0 Å². The first-order valence-electron chi connectivity index (χ1n) is 4.76. The van der Waals surface area contributed by atoms with E-state index in [4.69, 9.17) is 6.57 Å². The summed E-state index contributed by atoms with van der Waals surface area (Å²) < 4.78 is 0. The minimum Gasteiger partial charge on any atom is -0.367 e. The van der Waals surface area contributed by atoms with Gasteiger partial charge < -0.3 is 9.74 Å². The van der Waals surface area contributed by atoms with Gasteiger partial charge in [0.25, 0.3) is 0 Å². The summed E-state index contributed by atoms with van der Waals surface area (Å²) in [5, 5.41) is 0. The van der Waals surface area contributed by atoms with E-state index in [0.29, 0.717) is 6.54 Å². The fraction of sp³-hybridized carbons (Fsp3) is 0.417. The van der Waals surface area contributed by atoms with E-state index in [0.717, 1.165) is 6.54 Å². The van der Waals surface area contributed by atoms with Crippen molar-refractivity contribution >= 4 is 5.69 Å². The number of hydrogen-bond acceptors (Lipinski definition) is 1. The van der Waals surface area contributed by atoms with Gasteiger partial charge in [0, 0.05) is 12.7 Å². The number of nitrogens with zero attached hydrogens (tertiary/aromatic N) is 2. The second kappa shape index (κ2) is 4.66. The van der Waals surface area contributed by atoms with Crippen LogP contribution in [-0.2, 0) is 0 Å². The van der Waals surface area contributed by atoms with Gasteiger partial charge in [-0.15, -0.1) is 0 Å². The molecule has 1 aromatic rings. The highest BCUT2D eigenvalue weighted by atomic mass is 15.1. The second-order valence-electron chi connectivity index (χ2n) is 3.57. The van der Waals surface area contributed by atoms with Gasteiger partial charge in [-0.05, 0) is 37.1 Å². The fourth-order valence-corrected chi connectivity index (χ4v) is 1.29. The molecular weight excluding hydrogens is 172 g/mol. The molecule has 2 nitrogen and oxygen atoms in total. The topological polar surface area (TPSA) is 7.60 Å². The summed E-state index contributed by atoms with van der Waals surface area (Å²) in [6.45, 7) is 12.3. The third-order valence-electron chi connectivity index (χ3n) is 2.48. The van der Waals surface area contributed by atoms with Gasteiger partial charge in [0.1, 0.15) is 0 Å². The van der Waals surface area contributed by atoms with Crippen LogP contribution in [0.5, 0.6) is 0 Å². The molecule has 1 aromatic carbocycles. The van der Waals surface area contributed by atoms with Crippen molar-refractivity contribution in [3.05, 3.63) is 40.7 Å². The molecule has 0 aliphatic heterocycles. The monoisotopic (exact) mass is 188 g/mol. The lowest BCUT2D eigenvalue weighted by atomic mass is 10.1. The fourth-order valence-electron chi connectivity index (χ4n) is 1.29. The maximum Gasteiger partial charge on any atom is 0.231 e. The standard InChI is InChI=1S/C12H16N2/c1-10-5-6-12(9-11(10)2)14(4)8-7-13-3/h5-6,9H,7-8H2,1-2,4H3. The van der Waals surface area contributed by atoms with Gasteiger partial charge in [-0.2, -0.15) is 0 Å². The molecule has 2 heteroatoms. The molecule has 0 atom stereocenters. The Bertz CT molecular complexity index is 350. The van der Waals surface area contributed by atoms with E-state index < -0.39 is 0 Å². The quantitative estimate of drug-likeness (QED) is 0.662. The Morgan fingerprint density at radius 3 is 2.57 bits per heavy atom. The molecule has 14 heavy (non-hydrogen) atoms. The third kappa shape index (κ3) is 2.50. The number of anilines is 1. The second-order valence-corrected chi connectivity index (χ2v) is 3.57. The Hall–Kier alpha value is -1.49. The molecule has 1 rings (SSSR count). The minimum atomic E-state index is 0.559. The Balaban J connectivity index is 2.76. The summed E-state index contributed by atoms with van der Waals surface area (Å²) in [5.41, 5.74) is 3.81. The van der Waals surface area contributed by atoms with Crippen molar-refractivity contribution in [1.82, 2.24) is 0 Å². The largest absolute Gasteiger partial charge is 0.367 e. The van der Waals surface area contributed by atoms with Crippen molar-refractivity contribution in [1.29, 1.82) is 0 Å². The molecule has 0 fully saturated rings. The molecule has 0 N–H and O–H groups in total. The van der Waals surface area contributed by atoms with Gasteiger partial charge in [0.15, 0.2) is 0 Å². The molecule has 0 amide bonds. The number of likely N-dealkylation sites (N-methyl/N-ethyl adjacent to an activating group) is 1. The molecular formula is C12H16N2. The molecule has 0 spiro atoms. The summed E-state index contributed by atoms with van der Waals surface area (Å²) in [5.74, 6) is 0. The highest BCUT2D eigenvalue weighted by Gasteiger charge is 2.02. The summed E-state index contributed by atoms with van der Waals surface area (Å²) in [6.07, 6.45) is 0. The van der Waals surface area contributed by atoms with Crippen LogP contribution in [0.1, 0.15) is 11.1 Å². The molecule has 0 heterocycles. The minimum absolute atomic E-state index is 0.559. The molecule has 0 radical (unpaired) electrons. The van der Waals surface area contributed by atoms with Gasteiger partial charge in [-0.1, -0.05) is 6.07 Å². The molecule has 0 unspecified atom stereocenters. The maximum atomic E-state index is 6.73. The molecule has 0 aliphatic carbocycles. The van der Waals surface area contributed by atoms with E-state index in [1.54, 1.807) is 0 Å². The van der Waals surface area contributed by atoms with Crippen LogP contribution in [0.2, 0.25) is 0 Å². The first-order chi connectivity index (χ1) is 6.65. The lowest BCUT2D eigenvalue weighted by Crippen LogP contribution is -2.20. The predicted molar refractivity (Wildman–Crippen MR) is 60.7 cm³/mol. The number of hydrogen-bond donors (Lipinski definition) is 0. The van der Waals surface area contributed by atoms with Crippen molar-refractivity contribution in [2.75, 3.05) is 25.0 Å². The van der Waals surface area contributed by atoms with Crippen molar-refractivity contribution in [2.24, 2.45) is 0 Å². The van der Waals surface area contributed by atoms with Gasteiger partial charge in [0.05, 0.1) is 6.54 Å². The SMILES string of the molecule is [C-]#[N+]CCN(C)c1ccc(C)c(C)c1. The van der Waals surface area contributed by atoms with Crippen molar-refractivity contribution in [3.63, 3.8) is 0 Å². The van der Waals surface area contributed by atoms with Crippen LogP contribution in [0.25, 0.3) is 4.85 Å². The van der Waals surface area contributed by atoms with Crippen LogP contribution >= 0.6 is 0 Å². The smallest absolute Gasteiger partial charge is 0.231 e. The Labute approximate surface area is 86.0 Å². The van der Waals surface area contributed by atoms with Gasteiger partial charge in [-0.3, -0.25) is 0 Å². The van der Waals surface area contributed by atoms with Crippen molar-refractivity contribution < 1.29 is 0 Å². The summed E-state index contributed by atoms with van der Waals surface area (Å²) in [7, 11) is 2.02. The predicted octanol–water partition coefficient (Wildman–Crippen LogP) is 2.66. The van der Waals surface area contributed by atoms with Crippen LogP contribution in [0.3, 0.4) is 0 Å². The number of rotatable bonds is 3. The van der Waals surface area contributed by atoms with Gasteiger partial charge in [-0.25, -0.2) is 6.57 Å². The zero-order chi connectivity index (χ0) is 10.6.